The summed E-state index contributed by atoms with van der Waals surface area (Å²) in [7, 11) is -1.67. The van der Waals surface area contributed by atoms with Crippen molar-refractivity contribution >= 4 is 15.9 Å². The largest absolute Gasteiger partial charge is 0.381 e. The van der Waals surface area contributed by atoms with Gasteiger partial charge in [-0.3, -0.25) is 4.79 Å². The van der Waals surface area contributed by atoms with Crippen molar-refractivity contribution in [3.8, 4) is 0 Å². The van der Waals surface area contributed by atoms with Crippen LogP contribution in [0.5, 0.6) is 0 Å². The van der Waals surface area contributed by atoms with Crippen molar-refractivity contribution in [3.05, 3.63) is 0 Å². The van der Waals surface area contributed by atoms with Crippen LogP contribution in [-0.4, -0.2) is 66.7 Å². The van der Waals surface area contributed by atoms with Gasteiger partial charge in [0.25, 0.3) is 0 Å². The van der Waals surface area contributed by atoms with Gasteiger partial charge in [0.05, 0.1) is 11.4 Å². The first kappa shape index (κ1) is 20.1. The van der Waals surface area contributed by atoms with E-state index >= 15 is 0 Å². The molecule has 3 aliphatic rings. The highest BCUT2D eigenvalue weighted by molar-refractivity contribution is 7.89. The Balaban J connectivity index is 1.86. The van der Waals surface area contributed by atoms with Gasteiger partial charge in [-0.25, -0.2) is 8.42 Å². The summed E-state index contributed by atoms with van der Waals surface area (Å²) in [5.74, 6) is 0.169. The predicted molar refractivity (Wildman–Crippen MR) is 101 cm³/mol. The van der Waals surface area contributed by atoms with Gasteiger partial charge in [0.2, 0.25) is 15.9 Å². The zero-order valence-electron chi connectivity index (χ0n) is 16.6. The summed E-state index contributed by atoms with van der Waals surface area (Å²) >= 11 is 0. The molecule has 0 N–H and O–H groups in total. The summed E-state index contributed by atoms with van der Waals surface area (Å²) in [5.41, 5.74) is 0. The quantitative estimate of drug-likeness (QED) is 0.747. The van der Waals surface area contributed by atoms with E-state index in [-0.39, 0.29) is 41.3 Å². The monoisotopic (exact) mass is 386 g/mol. The topological polar surface area (TPSA) is 66.9 Å². The number of carbonyl (C=O) groups is 1. The Bertz CT molecular complexity index is 623. The van der Waals surface area contributed by atoms with E-state index in [0.717, 1.165) is 38.5 Å². The number of amides is 1. The fraction of sp³-hybridized carbons (Fsp3) is 0.947. The molecular weight excluding hydrogens is 352 g/mol. The van der Waals surface area contributed by atoms with Crippen LogP contribution < -0.4 is 0 Å². The number of nitrogens with zero attached hydrogens (tertiary/aromatic N) is 2. The molecule has 0 spiro atoms. The average molecular weight is 387 g/mol. The molecule has 1 saturated heterocycles. The van der Waals surface area contributed by atoms with Crippen molar-refractivity contribution in [1.82, 2.24) is 9.21 Å². The van der Waals surface area contributed by atoms with Gasteiger partial charge in [-0.05, 0) is 44.9 Å². The van der Waals surface area contributed by atoms with Gasteiger partial charge in [-0.1, -0.05) is 19.8 Å². The summed E-state index contributed by atoms with van der Waals surface area (Å²) in [6, 6.07) is -0.0844. The Morgan fingerprint density at radius 1 is 1.04 bits per heavy atom. The van der Waals surface area contributed by atoms with E-state index in [0.29, 0.717) is 13.0 Å². The van der Waals surface area contributed by atoms with Gasteiger partial charge in [-0.2, -0.15) is 4.31 Å². The Labute approximate surface area is 158 Å². The van der Waals surface area contributed by atoms with Gasteiger partial charge in [0.1, 0.15) is 0 Å². The van der Waals surface area contributed by atoms with E-state index in [4.69, 9.17) is 4.74 Å². The Hall–Kier alpha value is -0.660. The molecule has 7 heteroatoms. The number of methoxy groups -OCH3 is 1. The molecule has 0 aromatic heterocycles. The Morgan fingerprint density at radius 2 is 1.69 bits per heavy atom. The number of hydrogen-bond donors (Lipinski definition) is 0. The Morgan fingerprint density at radius 3 is 2.27 bits per heavy atom. The standard InChI is InChI=1S/C19H34N2O4S/c1-13-11-16(25-4)9-10-19(13)26(23,24)20-12-14(2)21(15(3)22)18-8-6-5-7-17(18)20/h13-14,16-19H,5-12H2,1-4H3/t13?,14-,16?,17?,18?,19?/m0/s1. The van der Waals surface area contributed by atoms with Crippen LogP contribution in [0.25, 0.3) is 0 Å². The van der Waals surface area contributed by atoms with E-state index in [2.05, 4.69) is 0 Å². The van der Waals surface area contributed by atoms with Gasteiger partial charge >= 0.3 is 0 Å². The third-order valence-electron chi connectivity index (χ3n) is 6.79. The number of sulfonamides is 1. The van der Waals surface area contributed by atoms with Crippen LogP contribution in [0.15, 0.2) is 0 Å². The summed E-state index contributed by atoms with van der Waals surface area (Å²) in [6.07, 6.45) is 6.34. The highest BCUT2D eigenvalue weighted by atomic mass is 32.2. The molecule has 0 aromatic carbocycles. The van der Waals surface area contributed by atoms with Gasteiger partial charge in [-0.15, -0.1) is 0 Å². The number of piperazine rings is 1. The van der Waals surface area contributed by atoms with Crippen LogP contribution in [0.3, 0.4) is 0 Å². The summed E-state index contributed by atoms with van der Waals surface area (Å²) < 4.78 is 34.5. The van der Waals surface area contributed by atoms with Gasteiger partial charge < -0.3 is 9.64 Å². The molecule has 6 nitrogen and oxygen atoms in total. The second kappa shape index (κ2) is 7.76. The van der Waals surface area contributed by atoms with Crippen LogP contribution in [0, 0.1) is 5.92 Å². The molecule has 1 aliphatic heterocycles. The van der Waals surface area contributed by atoms with Crippen molar-refractivity contribution < 1.29 is 17.9 Å². The molecule has 150 valence electrons. The lowest BCUT2D eigenvalue weighted by molar-refractivity contribution is -0.139. The summed E-state index contributed by atoms with van der Waals surface area (Å²) in [6.45, 7) is 6.07. The molecular formula is C19H34N2O4S. The van der Waals surface area contributed by atoms with Crippen LogP contribution in [0.2, 0.25) is 0 Å². The first-order valence-corrected chi connectivity index (χ1v) is 11.6. The van der Waals surface area contributed by atoms with E-state index in [1.54, 1.807) is 18.3 Å². The maximum Gasteiger partial charge on any atom is 0.220 e. The molecule has 3 rings (SSSR count). The van der Waals surface area contributed by atoms with Gasteiger partial charge in [0.15, 0.2) is 0 Å². The number of carbonyl (C=O) groups excluding carboxylic acids is 1. The zero-order chi connectivity index (χ0) is 19.1. The molecule has 0 bridgehead atoms. The minimum Gasteiger partial charge on any atom is -0.381 e. The molecule has 2 saturated carbocycles. The fourth-order valence-corrected chi connectivity index (χ4v) is 8.08. The highest BCUT2D eigenvalue weighted by Crippen LogP contribution is 2.39. The van der Waals surface area contributed by atoms with Crippen molar-refractivity contribution in [2.45, 2.75) is 95.2 Å². The maximum absolute atomic E-state index is 13.6. The molecule has 1 amide bonds. The van der Waals surface area contributed by atoms with Crippen LogP contribution in [-0.2, 0) is 19.6 Å². The molecule has 5 unspecified atom stereocenters. The lowest BCUT2D eigenvalue weighted by atomic mass is 9.86. The zero-order valence-corrected chi connectivity index (χ0v) is 17.4. The number of rotatable bonds is 3. The number of ether oxygens (including phenoxy) is 1. The average Bonchev–Trinajstić information content (AvgIpc) is 2.60. The lowest BCUT2D eigenvalue weighted by Crippen LogP contribution is -2.67. The molecule has 1 heterocycles. The fourth-order valence-electron chi connectivity index (χ4n) is 5.55. The first-order chi connectivity index (χ1) is 12.3. The van der Waals surface area contributed by atoms with E-state index < -0.39 is 10.0 Å². The van der Waals surface area contributed by atoms with Crippen LogP contribution >= 0.6 is 0 Å². The second-order valence-electron chi connectivity index (χ2n) is 8.50. The van der Waals surface area contributed by atoms with E-state index in [1.165, 1.54) is 0 Å². The van der Waals surface area contributed by atoms with Crippen LogP contribution in [0.4, 0.5) is 0 Å². The first-order valence-electron chi connectivity index (χ1n) is 10.1. The normalized spacial score (nSPS) is 39.5. The van der Waals surface area contributed by atoms with Crippen molar-refractivity contribution in [3.63, 3.8) is 0 Å². The third-order valence-corrected chi connectivity index (χ3v) is 9.33. The molecule has 6 atom stereocenters. The Kier molecular flexibility index (Phi) is 5.99. The minimum absolute atomic E-state index is 0.0328. The van der Waals surface area contributed by atoms with Crippen molar-refractivity contribution in [1.29, 1.82) is 0 Å². The van der Waals surface area contributed by atoms with Crippen LogP contribution in [0.1, 0.15) is 65.7 Å². The second-order valence-corrected chi connectivity index (χ2v) is 10.6. The van der Waals surface area contributed by atoms with Crippen molar-refractivity contribution in [2.75, 3.05) is 13.7 Å². The molecule has 0 radical (unpaired) electrons. The lowest BCUT2D eigenvalue weighted by Gasteiger charge is -2.53. The van der Waals surface area contributed by atoms with Gasteiger partial charge in [0, 0.05) is 38.7 Å². The third kappa shape index (κ3) is 3.54. The highest BCUT2D eigenvalue weighted by Gasteiger charge is 2.50. The molecule has 0 aromatic rings. The summed E-state index contributed by atoms with van der Waals surface area (Å²) in [5, 5.41) is -0.326. The van der Waals surface area contributed by atoms with Crippen molar-refractivity contribution in [2.24, 2.45) is 5.92 Å². The SMILES string of the molecule is COC1CCC(S(=O)(=O)N2C[C@H](C)N(C(C)=O)C3CCCCC32)C(C)C1. The smallest absolute Gasteiger partial charge is 0.220 e. The molecule has 2 aliphatic carbocycles. The maximum atomic E-state index is 13.6. The number of fused-ring (bicyclic) bond motifs is 1. The van der Waals surface area contributed by atoms with E-state index in [1.807, 2.05) is 18.7 Å². The number of hydrogen-bond acceptors (Lipinski definition) is 4. The molecule has 26 heavy (non-hydrogen) atoms. The molecule has 3 fully saturated rings. The predicted octanol–water partition coefficient (Wildman–Crippen LogP) is 2.38. The summed E-state index contributed by atoms with van der Waals surface area (Å²) in [4.78, 5) is 14.1. The minimum atomic E-state index is -3.38. The van der Waals surface area contributed by atoms with E-state index in [9.17, 15) is 13.2 Å².